The Kier molecular flexibility index (Phi) is 4.70. The maximum Gasteiger partial charge on any atom is 0.0741 e. The molecule has 5 nitrogen and oxygen atoms in total. The molecule has 0 unspecified atom stereocenters. The largest absolute Gasteiger partial charge is 0.310 e. The lowest BCUT2D eigenvalue weighted by Gasteiger charge is -2.26. The Hall–Kier alpha value is -4.64. The summed E-state index contributed by atoms with van der Waals surface area (Å²) in [7, 11) is 0. The van der Waals surface area contributed by atoms with Gasteiger partial charge in [-0.15, -0.1) is 0 Å². The summed E-state index contributed by atoms with van der Waals surface area (Å²) >= 11 is 0. The van der Waals surface area contributed by atoms with Gasteiger partial charge < -0.3 is 4.90 Å². The number of aromatic nitrogens is 4. The zero-order valence-electron chi connectivity index (χ0n) is 17.9. The van der Waals surface area contributed by atoms with Crippen molar-refractivity contribution in [1.82, 2.24) is 19.6 Å². The van der Waals surface area contributed by atoms with Crippen molar-refractivity contribution < 1.29 is 0 Å². The van der Waals surface area contributed by atoms with Gasteiger partial charge in [0.25, 0.3) is 0 Å². The topological polar surface area (TPSA) is 38.9 Å². The first-order chi connectivity index (χ1) is 16.4. The monoisotopic (exact) mass is 427 g/mol. The van der Waals surface area contributed by atoms with Crippen LogP contribution in [0.3, 0.4) is 0 Å². The van der Waals surface area contributed by atoms with E-state index in [2.05, 4.69) is 100 Å². The molecule has 0 fully saturated rings. The van der Waals surface area contributed by atoms with E-state index >= 15 is 0 Å². The second-order valence-electron chi connectivity index (χ2n) is 7.78. The van der Waals surface area contributed by atoms with E-state index in [-0.39, 0.29) is 0 Å². The van der Waals surface area contributed by atoms with Gasteiger partial charge >= 0.3 is 0 Å². The first-order valence-electron chi connectivity index (χ1n) is 10.9. The molecule has 0 aliphatic heterocycles. The maximum absolute atomic E-state index is 4.65. The van der Waals surface area contributed by atoms with Crippen LogP contribution < -0.4 is 4.90 Å². The summed E-state index contributed by atoms with van der Waals surface area (Å²) in [6, 6.07) is 37.4. The van der Waals surface area contributed by atoms with Crippen LogP contribution in [0, 0.1) is 0 Å². The summed E-state index contributed by atoms with van der Waals surface area (Å²) in [4.78, 5) is 2.25. The Morgan fingerprint density at radius 1 is 0.576 bits per heavy atom. The molecule has 6 rings (SSSR count). The van der Waals surface area contributed by atoms with Crippen LogP contribution in [-0.2, 0) is 0 Å². The fourth-order valence-electron chi connectivity index (χ4n) is 4.16. The minimum absolute atomic E-state index is 1.01. The average Bonchev–Trinajstić information content (AvgIpc) is 3.56. The Bertz CT molecular complexity index is 1520. The molecule has 4 aromatic carbocycles. The van der Waals surface area contributed by atoms with Gasteiger partial charge in [-0.2, -0.15) is 10.2 Å². The lowest BCUT2D eigenvalue weighted by molar-refractivity contribution is 0.880. The standard InChI is InChI=1S/C28H21N5/c1-2-10-23(11-3-1)32(25-13-6-12-24(19-25)31-18-8-17-29-31)26-14-7-15-27(20-26)33-28-16-5-4-9-22(28)21-30-33/h1-21H. The first-order valence-corrected chi connectivity index (χ1v) is 10.9. The third kappa shape index (κ3) is 3.55. The van der Waals surface area contributed by atoms with Crippen LogP contribution in [0.1, 0.15) is 0 Å². The van der Waals surface area contributed by atoms with Crippen LogP contribution in [-0.4, -0.2) is 19.6 Å². The lowest BCUT2D eigenvalue weighted by Crippen LogP contribution is -2.11. The molecule has 0 spiro atoms. The Balaban J connectivity index is 1.50. The van der Waals surface area contributed by atoms with E-state index in [1.165, 1.54) is 0 Å². The molecule has 0 saturated carbocycles. The summed E-state index contributed by atoms with van der Waals surface area (Å²) in [5.74, 6) is 0. The molecule has 158 valence electrons. The number of hydrogen-bond acceptors (Lipinski definition) is 3. The third-order valence-electron chi connectivity index (χ3n) is 5.68. The van der Waals surface area contributed by atoms with Gasteiger partial charge in [0.2, 0.25) is 0 Å². The summed E-state index contributed by atoms with van der Waals surface area (Å²) in [6.07, 6.45) is 5.65. The Morgan fingerprint density at radius 2 is 1.27 bits per heavy atom. The highest BCUT2D eigenvalue weighted by molar-refractivity contribution is 5.82. The molecule has 0 saturated heterocycles. The number of fused-ring (bicyclic) bond motifs is 1. The van der Waals surface area contributed by atoms with Crippen molar-refractivity contribution in [2.24, 2.45) is 0 Å². The molecule has 0 atom stereocenters. The molecule has 0 N–H and O–H groups in total. The van der Waals surface area contributed by atoms with E-state index in [0.717, 1.165) is 39.3 Å². The van der Waals surface area contributed by atoms with Crippen LogP contribution >= 0.6 is 0 Å². The number of benzene rings is 4. The summed E-state index contributed by atoms with van der Waals surface area (Å²) in [5, 5.41) is 10.2. The molecule has 2 aromatic heterocycles. The second-order valence-corrected chi connectivity index (χ2v) is 7.78. The van der Waals surface area contributed by atoms with E-state index in [0.29, 0.717) is 0 Å². The molecule has 33 heavy (non-hydrogen) atoms. The molecule has 0 aliphatic carbocycles. The van der Waals surface area contributed by atoms with Crippen molar-refractivity contribution in [1.29, 1.82) is 0 Å². The van der Waals surface area contributed by atoms with Crippen molar-refractivity contribution in [2.75, 3.05) is 4.90 Å². The molecule has 0 radical (unpaired) electrons. The van der Waals surface area contributed by atoms with Crippen LogP contribution in [0.4, 0.5) is 17.1 Å². The number of nitrogens with zero attached hydrogens (tertiary/aromatic N) is 5. The molecule has 5 heteroatoms. The quantitative estimate of drug-likeness (QED) is 0.308. The minimum atomic E-state index is 1.01. The van der Waals surface area contributed by atoms with E-state index in [1.807, 2.05) is 46.0 Å². The van der Waals surface area contributed by atoms with Gasteiger partial charge in [-0.1, -0.05) is 48.5 Å². The fourth-order valence-corrected chi connectivity index (χ4v) is 4.16. The molecule has 0 aliphatic rings. The molecule has 2 heterocycles. The average molecular weight is 428 g/mol. The van der Waals surface area contributed by atoms with E-state index in [4.69, 9.17) is 0 Å². The van der Waals surface area contributed by atoms with Crippen molar-refractivity contribution in [3.05, 3.63) is 128 Å². The minimum Gasteiger partial charge on any atom is -0.310 e. The van der Waals surface area contributed by atoms with E-state index in [9.17, 15) is 0 Å². The normalized spacial score (nSPS) is 11.0. The van der Waals surface area contributed by atoms with E-state index in [1.54, 1.807) is 6.20 Å². The van der Waals surface area contributed by atoms with Gasteiger partial charge in [0.1, 0.15) is 0 Å². The summed E-state index contributed by atoms with van der Waals surface area (Å²) in [6.45, 7) is 0. The Morgan fingerprint density at radius 3 is 2.06 bits per heavy atom. The summed E-state index contributed by atoms with van der Waals surface area (Å²) in [5.41, 5.74) is 6.29. The number of hydrogen-bond donors (Lipinski definition) is 0. The summed E-state index contributed by atoms with van der Waals surface area (Å²) < 4.78 is 3.86. The number of para-hydroxylation sites is 2. The zero-order valence-corrected chi connectivity index (χ0v) is 17.9. The second kappa shape index (κ2) is 8.13. The van der Waals surface area contributed by atoms with Crippen molar-refractivity contribution in [2.45, 2.75) is 0 Å². The highest BCUT2D eigenvalue weighted by Crippen LogP contribution is 2.36. The van der Waals surface area contributed by atoms with Crippen LogP contribution in [0.2, 0.25) is 0 Å². The maximum atomic E-state index is 4.65. The van der Waals surface area contributed by atoms with Gasteiger partial charge in [-0.3, -0.25) is 0 Å². The van der Waals surface area contributed by atoms with Gasteiger partial charge in [0.05, 0.1) is 23.1 Å². The van der Waals surface area contributed by atoms with Gasteiger partial charge in [0, 0.05) is 34.8 Å². The number of anilines is 3. The van der Waals surface area contributed by atoms with Crippen LogP contribution in [0.5, 0.6) is 0 Å². The van der Waals surface area contributed by atoms with Crippen molar-refractivity contribution in [3.63, 3.8) is 0 Å². The Labute approximate surface area is 191 Å². The zero-order chi connectivity index (χ0) is 22.0. The fraction of sp³-hybridized carbons (Fsp3) is 0. The first kappa shape index (κ1) is 19.1. The predicted molar refractivity (Wildman–Crippen MR) is 133 cm³/mol. The van der Waals surface area contributed by atoms with Crippen molar-refractivity contribution in [3.8, 4) is 11.4 Å². The van der Waals surface area contributed by atoms with Gasteiger partial charge in [-0.05, 0) is 60.7 Å². The third-order valence-corrected chi connectivity index (χ3v) is 5.68. The van der Waals surface area contributed by atoms with Gasteiger partial charge in [-0.25, -0.2) is 9.36 Å². The smallest absolute Gasteiger partial charge is 0.0741 e. The van der Waals surface area contributed by atoms with Crippen LogP contribution in [0.25, 0.3) is 22.3 Å². The van der Waals surface area contributed by atoms with E-state index < -0.39 is 0 Å². The molecule has 0 amide bonds. The molecular formula is C28H21N5. The number of rotatable bonds is 5. The molecule has 0 bridgehead atoms. The highest BCUT2D eigenvalue weighted by atomic mass is 15.3. The SMILES string of the molecule is c1ccc(N(c2cccc(-n3cccn3)c2)c2cccc(-n3ncc4ccccc43)c2)cc1. The lowest BCUT2D eigenvalue weighted by atomic mass is 10.1. The highest BCUT2D eigenvalue weighted by Gasteiger charge is 2.15. The van der Waals surface area contributed by atoms with Crippen LogP contribution in [0.15, 0.2) is 128 Å². The molecular weight excluding hydrogens is 406 g/mol. The molecule has 6 aromatic rings. The predicted octanol–water partition coefficient (Wildman–Crippen LogP) is 6.68. The van der Waals surface area contributed by atoms with Crippen molar-refractivity contribution >= 4 is 28.0 Å². The van der Waals surface area contributed by atoms with Gasteiger partial charge in [0.15, 0.2) is 0 Å².